The van der Waals surface area contributed by atoms with Gasteiger partial charge in [0.25, 0.3) is 0 Å². The van der Waals surface area contributed by atoms with Gasteiger partial charge in [0.05, 0.1) is 0 Å². The van der Waals surface area contributed by atoms with E-state index in [0.29, 0.717) is 5.76 Å². The molecule has 0 aliphatic carbocycles. The molecule has 0 unspecified atom stereocenters. The first-order chi connectivity index (χ1) is 4.31. The maximum absolute atomic E-state index is 8.91. The van der Waals surface area contributed by atoms with Crippen LogP contribution in [0.2, 0.25) is 0 Å². The average molecular weight is 124 g/mol. The highest BCUT2D eigenvalue weighted by Gasteiger charge is 1.77. The van der Waals surface area contributed by atoms with Crippen LogP contribution in [0.4, 0.5) is 0 Å². The van der Waals surface area contributed by atoms with Crippen LogP contribution < -0.4 is 0 Å². The smallest absolute Gasteiger partial charge is 0.111 e. The highest BCUT2D eigenvalue weighted by Crippen LogP contribution is 1.92. The summed E-state index contributed by atoms with van der Waals surface area (Å²) in [5, 5.41) is 8.91. The predicted molar refractivity (Wildman–Crippen MR) is 40.3 cm³/mol. The second-order valence-corrected chi connectivity index (χ2v) is 1.63. The summed E-state index contributed by atoms with van der Waals surface area (Å²) in [5.41, 5.74) is 0. The lowest BCUT2D eigenvalue weighted by molar-refractivity contribution is 0.430. The van der Waals surface area contributed by atoms with Gasteiger partial charge in [-0.1, -0.05) is 25.7 Å². The van der Waals surface area contributed by atoms with Crippen molar-refractivity contribution in [1.82, 2.24) is 0 Å². The molecule has 0 aromatic heterocycles. The summed E-state index contributed by atoms with van der Waals surface area (Å²) in [6, 6.07) is 0. The van der Waals surface area contributed by atoms with Crippen LogP contribution in [0.15, 0.2) is 36.6 Å². The van der Waals surface area contributed by atoms with Gasteiger partial charge >= 0.3 is 0 Å². The quantitative estimate of drug-likeness (QED) is 0.453. The van der Waals surface area contributed by atoms with Gasteiger partial charge in [0.2, 0.25) is 0 Å². The lowest BCUT2D eigenvalue weighted by Gasteiger charge is -1.85. The van der Waals surface area contributed by atoms with Crippen molar-refractivity contribution in [3.05, 3.63) is 36.6 Å². The topological polar surface area (TPSA) is 20.2 Å². The van der Waals surface area contributed by atoms with E-state index in [-0.39, 0.29) is 0 Å². The van der Waals surface area contributed by atoms with Crippen LogP contribution in [0.1, 0.15) is 13.3 Å². The maximum atomic E-state index is 8.91. The highest BCUT2D eigenvalue weighted by molar-refractivity contribution is 5.14. The lowest BCUT2D eigenvalue weighted by atomic mass is 10.3. The Labute approximate surface area is 56.0 Å². The van der Waals surface area contributed by atoms with Crippen molar-refractivity contribution in [1.29, 1.82) is 0 Å². The minimum atomic E-state index is 0.303. The van der Waals surface area contributed by atoms with E-state index in [1.54, 1.807) is 24.3 Å². The van der Waals surface area contributed by atoms with E-state index in [2.05, 4.69) is 6.58 Å². The van der Waals surface area contributed by atoms with Gasteiger partial charge in [-0.25, -0.2) is 0 Å². The van der Waals surface area contributed by atoms with Gasteiger partial charge in [-0.15, -0.1) is 0 Å². The molecule has 0 aromatic rings. The van der Waals surface area contributed by atoms with Crippen molar-refractivity contribution in [3.8, 4) is 0 Å². The Hall–Kier alpha value is -0.980. The summed E-state index contributed by atoms with van der Waals surface area (Å²) in [5.74, 6) is 0.303. The SMILES string of the molecule is C=C/C=C\C(O)=C/CC. The van der Waals surface area contributed by atoms with E-state index in [0.717, 1.165) is 6.42 Å². The van der Waals surface area contributed by atoms with Crippen LogP contribution in [0, 0.1) is 0 Å². The zero-order chi connectivity index (χ0) is 7.11. The Morgan fingerprint density at radius 2 is 2.33 bits per heavy atom. The van der Waals surface area contributed by atoms with Crippen LogP contribution in [0.3, 0.4) is 0 Å². The molecule has 0 aliphatic rings. The van der Waals surface area contributed by atoms with E-state index >= 15 is 0 Å². The molecule has 1 heteroatoms. The molecule has 0 atom stereocenters. The zero-order valence-corrected chi connectivity index (χ0v) is 5.67. The monoisotopic (exact) mass is 124 g/mol. The summed E-state index contributed by atoms with van der Waals surface area (Å²) in [6.07, 6.45) is 7.52. The molecule has 50 valence electrons. The third-order valence-electron chi connectivity index (χ3n) is 0.816. The van der Waals surface area contributed by atoms with Crippen molar-refractivity contribution in [2.45, 2.75) is 13.3 Å². The third-order valence-corrected chi connectivity index (χ3v) is 0.816. The molecular weight excluding hydrogens is 112 g/mol. The molecule has 0 saturated heterocycles. The zero-order valence-electron chi connectivity index (χ0n) is 5.67. The largest absolute Gasteiger partial charge is 0.508 e. The minimum Gasteiger partial charge on any atom is -0.508 e. The second-order valence-electron chi connectivity index (χ2n) is 1.63. The Balaban J connectivity index is 3.74. The molecule has 9 heavy (non-hydrogen) atoms. The van der Waals surface area contributed by atoms with Crippen molar-refractivity contribution >= 4 is 0 Å². The Bertz CT molecular complexity index is 132. The van der Waals surface area contributed by atoms with Crippen molar-refractivity contribution in [2.24, 2.45) is 0 Å². The van der Waals surface area contributed by atoms with Crippen LogP contribution in [-0.4, -0.2) is 5.11 Å². The van der Waals surface area contributed by atoms with E-state index in [1.807, 2.05) is 6.92 Å². The number of rotatable bonds is 3. The van der Waals surface area contributed by atoms with Gasteiger partial charge in [-0.05, 0) is 18.6 Å². The first kappa shape index (κ1) is 8.02. The van der Waals surface area contributed by atoms with E-state index in [9.17, 15) is 0 Å². The first-order valence-corrected chi connectivity index (χ1v) is 2.99. The van der Waals surface area contributed by atoms with Crippen molar-refractivity contribution in [2.75, 3.05) is 0 Å². The lowest BCUT2D eigenvalue weighted by Crippen LogP contribution is -1.70. The van der Waals surface area contributed by atoms with Crippen LogP contribution >= 0.6 is 0 Å². The third kappa shape index (κ3) is 4.88. The average Bonchev–Trinajstić information content (AvgIpc) is 1.85. The summed E-state index contributed by atoms with van der Waals surface area (Å²) in [4.78, 5) is 0. The molecular formula is C8H12O. The molecule has 0 radical (unpaired) electrons. The molecule has 0 aromatic carbocycles. The summed E-state index contributed by atoms with van der Waals surface area (Å²) in [7, 11) is 0. The molecule has 0 rings (SSSR count). The molecule has 0 aliphatic heterocycles. The number of aliphatic hydroxyl groups is 1. The standard InChI is InChI=1S/C8H12O/c1-3-5-7-8(9)6-4-2/h3,5-7,9H,1,4H2,2H3/b7-5-,8-6+. The summed E-state index contributed by atoms with van der Waals surface area (Å²) < 4.78 is 0. The second kappa shape index (κ2) is 5.16. The van der Waals surface area contributed by atoms with Gasteiger partial charge in [0, 0.05) is 0 Å². The summed E-state index contributed by atoms with van der Waals surface area (Å²) in [6.45, 7) is 5.44. The molecule has 0 fully saturated rings. The van der Waals surface area contributed by atoms with E-state index < -0.39 is 0 Å². The number of hydrogen-bond acceptors (Lipinski definition) is 1. The van der Waals surface area contributed by atoms with Gasteiger partial charge in [-0.3, -0.25) is 0 Å². The molecule has 1 nitrogen and oxygen atoms in total. The fourth-order valence-corrected chi connectivity index (χ4v) is 0.444. The Morgan fingerprint density at radius 3 is 2.78 bits per heavy atom. The minimum absolute atomic E-state index is 0.303. The maximum Gasteiger partial charge on any atom is 0.111 e. The Kier molecular flexibility index (Phi) is 4.60. The molecule has 0 saturated carbocycles. The van der Waals surface area contributed by atoms with Gasteiger partial charge in [-0.2, -0.15) is 0 Å². The van der Waals surface area contributed by atoms with Crippen LogP contribution in [-0.2, 0) is 0 Å². The first-order valence-electron chi connectivity index (χ1n) is 2.99. The number of hydrogen-bond donors (Lipinski definition) is 1. The normalized spacial score (nSPS) is 12.3. The van der Waals surface area contributed by atoms with Crippen molar-refractivity contribution < 1.29 is 5.11 Å². The molecule has 1 N–H and O–H groups in total. The predicted octanol–water partition coefficient (Wildman–Crippen LogP) is 2.58. The van der Waals surface area contributed by atoms with E-state index in [4.69, 9.17) is 5.11 Å². The molecule has 0 spiro atoms. The van der Waals surface area contributed by atoms with Crippen molar-refractivity contribution in [3.63, 3.8) is 0 Å². The Morgan fingerprint density at radius 1 is 1.67 bits per heavy atom. The molecule has 0 bridgehead atoms. The highest BCUT2D eigenvalue weighted by atomic mass is 16.3. The van der Waals surface area contributed by atoms with Crippen LogP contribution in [0.5, 0.6) is 0 Å². The van der Waals surface area contributed by atoms with E-state index in [1.165, 1.54) is 0 Å². The fourth-order valence-electron chi connectivity index (χ4n) is 0.444. The summed E-state index contributed by atoms with van der Waals surface area (Å²) >= 11 is 0. The van der Waals surface area contributed by atoms with Crippen LogP contribution in [0.25, 0.3) is 0 Å². The fraction of sp³-hybridized carbons (Fsp3) is 0.250. The van der Waals surface area contributed by atoms with Gasteiger partial charge < -0.3 is 5.11 Å². The molecule has 0 heterocycles. The van der Waals surface area contributed by atoms with Gasteiger partial charge in [0.1, 0.15) is 5.76 Å². The number of allylic oxidation sites excluding steroid dienone is 4. The number of aliphatic hydroxyl groups excluding tert-OH is 1. The van der Waals surface area contributed by atoms with Gasteiger partial charge in [0.15, 0.2) is 0 Å². The molecule has 0 amide bonds.